The maximum absolute atomic E-state index is 13.7. The summed E-state index contributed by atoms with van der Waals surface area (Å²) in [5, 5.41) is 4.39. The number of para-hydroxylation sites is 1. The van der Waals surface area contributed by atoms with E-state index in [-0.39, 0.29) is 5.91 Å². The Labute approximate surface area is 190 Å². The summed E-state index contributed by atoms with van der Waals surface area (Å²) in [6.07, 6.45) is 0. The van der Waals surface area contributed by atoms with Gasteiger partial charge in [0.2, 0.25) is 0 Å². The summed E-state index contributed by atoms with van der Waals surface area (Å²) >= 11 is 12.9. The van der Waals surface area contributed by atoms with Crippen molar-refractivity contribution in [3.05, 3.63) is 111 Å². The van der Waals surface area contributed by atoms with Crippen LogP contribution in [0.1, 0.15) is 17.2 Å². The molecule has 154 valence electrons. The molecule has 6 heteroatoms. The van der Waals surface area contributed by atoms with Gasteiger partial charge >= 0.3 is 0 Å². The largest absolute Gasteiger partial charge is 0.378 e. The van der Waals surface area contributed by atoms with Crippen LogP contribution in [-0.2, 0) is 4.79 Å². The number of hydrogen-bond donors (Lipinski definition) is 1. The van der Waals surface area contributed by atoms with E-state index in [1.54, 1.807) is 17.0 Å². The molecule has 1 amide bonds. The first-order valence-corrected chi connectivity index (χ1v) is 10.8. The van der Waals surface area contributed by atoms with Crippen LogP contribution in [0.4, 0.5) is 5.69 Å². The molecule has 0 unspecified atom stereocenters. The number of aliphatic imine (C=N–C) groups is 1. The number of anilines is 1. The Kier molecular flexibility index (Phi) is 5.26. The minimum atomic E-state index is -0.431. The molecule has 0 bridgehead atoms. The number of carbonyl (C=O) groups excluding carboxylic acids is 1. The first kappa shape index (κ1) is 19.9. The number of carbonyl (C=O) groups is 1. The van der Waals surface area contributed by atoms with E-state index in [2.05, 4.69) is 5.32 Å². The van der Waals surface area contributed by atoms with E-state index >= 15 is 0 Å². The van der Waals surface area contributed by atoms with Crippen LogP contribution < -0.4 is 10.2 Å². The van der Waals surface area contributed by atoms with Gasteiger partial charge in [-0.3, -0.25) is 14.7 Å². The van der Waals surface area contributed by atoms with E-state index < -0.39 is 6.04 Å². The lowest BCUT2D eigenvalue weighted by Gasteiger charge is -2.29. The SMILES string of the molecule is O=C1C2=C(C(c3ccccc3)=NCCN2)[C@@H](c2ccc(Cl)cc2Cl)N1c1ccccc1. The highest BCUT2D eigenvalue weighted by atomic mass is 35.5. The van der Waals surface area contributed by atoms with Crippen molar-refractivity contribution in [3.8, 4) is 0 Å². The van der Waals surface area contributed by atoms with Gasteiger partial charge in [0.05, 0.1) is 18.3 Å². The molecule has 0 aromatic heterocycles. The molecule has 1 atom stereocenters. The summed E-state index contributed by atoms with van der Waals surface area (Å²) in [6, 6.07) is 24.6. The number of amides is 1. The second-order valence-electron chi connectivity index (χ2n) is 7.39. The second-order valence-corrected chi connectivity index (χ2v) is 8.23. The Hall–Kier alpha value is -3.08. The van der Waals surface area contributed by atoms with Crippen LogP contribution >= 0.6 is 23.2 Å². The molecule has 0 spiro atoms. The van der Waals surface area contributed by atoms with Gasteiger partial charge in [0.15, 0.2) is 0 Å². The molecule has 31 heavy (non-hydrogen) atoms. The Morgan fingerprint density at radius 3 is 2.35 bits per heavy atom. The fourth-order valence-corrected chi connectivity index (χ4v) is 4.70. The minimum Gasteiger partial charge on any atom is -0.378 e. The lowest BCUT2D eigenvalue weighted by molar-refractivity contribution is -0.115. The van der Waals surface area contributed by atoms with Gasteiger partial charge in [0.25, 0.3) is 5.91 Å². The maximum atomic E-state index is 13.7. The van der Waals surface area contributed by atoms with Crippen molar-refractivity contribution >= 4 is 40.5 Å². The number of nitrogens with one attached hydrogen (secondary N) is 1. The molecule has 2 aliphatic rings. The third kappa shape index (κ3) is 3.52. The highest BCUT2D eigenvalue weighted by Gasteiger charge is 2.44. The van der Waals surface area contributed by atoms with E-state index in [4.69, 9.17) is 28.2 Å². The molecule has 2 aliphatic heterocycles. The number of benzene rings is 3. The van der Waals surface area contributed by atoms with Crippen molar-refractivity contribution in [1.82, 2.24) is 5.32 Å². The number of nitrogens with zero attached hydrogens (tertiary/aromatic N) is 2. The summed E-state index contributed by atoms with van der Waals surface area (Å²) in [7, 11) is 0. The Bertz CT molecular complexity index is 1210. The Balaban J connectivity index is 1.76. The van der Waals surface area contributed by atoms with Gasteiger partial charge in [-0.05, 0) is 29.8 Å². The molecule has 4 nitrogen and oxygen atoms in total. The van der Waals surface area contributed by atoms with Crippen molar-refractivity contribution in [2.24, 2.45) is 4.99 Å². The van der Waals surface area contributed by atoms with Crippen LogP contribution in [0.25, 0.3) is 0 Å². The van der Waals surface area contributed by atoms with E-state index in [1.807, 2.05) is 66.7 Å². The quantitative estimate of drug-likeness (QED) is 0.581. The van der Waals surface area contributed by atoms with Crippen molar-refractivity contribution in [2.75, 3.05) is 18.0 Å². The van der Waals surface area contributed by atoms with Crippen molar-refractivity contribution in [1.29, 1.82) is 0 Å². The summed E-state index contributed by atoms with van der Waals surface area (Å²) < 4.78 is 0. The molecule has 0 saturated carbocycles. The zero-order valence-corrected chi connectivity index (χ0v) is 18.1. The van der Waals surface area contributed by atoms with E-state index in [9.17, 15) is 4.79 Å². The fraction of sp³-hybridized carbons (Fsp3) is 0.120. The lowest BCUT2D eigenvalue weighted by Crippen LogP contribution is -2.33. The summed E-state index contributed by atoms with van der Waals surface area (Å²) in [6.45, 7) is 1.17. The Morgan fingerprint density at radius 1 is 0.935 bits per heavy atom. The average Bonchev–Trinajstić information content (AvgIpc) is 2.93. The molecule has 0 radical (unpaired) electrons. The topological polar surface area (TPSA) is 44.7 Å². The molecule has 3 aromatic carbocycles. The monoisotopic (exact) mass is 447 g/mol. The number of hydrogen-bond acceptors (Lipinski definition) is 3. The standard InChI is InChI=1S/C25H19Cl2N3O/c26-17-11-12-19(20(27)15-17)24-21-22(16-7-3-1-4-8-16)28-13-14-29-23(21)25(31)30(24)18-9-5-2-6-10-18/h1-12,15,24,29H,13-14H2/t24-/m1/s1. The van der Waals surface area contributed by atoms with Crippen molar-refractivity contribution in [3.63, 3.8) is 0 Å². The fourth-order valence-electron chi connectivity index (χ4n) is 4.19. The lowest BCUT2D eigenvalue weighted by atomic mass is 9.91. The summed E-state index contributed by atoms with van der Waals surface area (Å²) in [4.78, 5) is 20.4. The summed E-state index contributed by atoms with van der Waals surface area (Å²) in [5.74, 6) is -0.0947. The van der Waals surface area contributed by atoms with Crippen LogP contribution in [-0.4, -0.2) is 24.7 Å². The van der Waals surface area contributed by atoms with Crippen LogP contribution in [0.3, 0.4) is 0 Å². The van der Waals surface area contributed by atoms with Crippen LogP contribution in [0, 0.1) is 0 Å². The smallest absolute Gasteiger partial charge is 0.275 e. The number of halogens is 2. The molecular formula is C25H19Cl2N3O. The molecule has 1 N–H and O–H groups in total. The van der Waals surface area contributed by atoms with Gasteiger partial charge < -0.3 is 5.32 Å². The zero-order chi connectivity index (χ0) is 21.4. The van der Waals surface area contributed by atoms with Gasteiger partial charge in [0, 0.05) is 33.4 Å². The van der Waals surface area contributed by atoms with Crippen molar-refractivity contribution < 1.29 is 4.79 Å². The molecule has 2 heterocycles. The first-order valence-electron chi connectivity index (χ1n) is 10.1. The molecule has 3 aromatic rings. The van der Waals surface area contributed by atoms with Gasteiger partial charge in [-0.1, -0.05) is 77.8 Å². The zero-order valence-electron chi connectivity index (χ0n) is 16.6. The maximum Gasteiger partial charge on any atom is 0.275 e. The molecular weight excluding hydrogens is 429 g/mol. The third-order valence-corrected chi connectivity index (χ3v) is 6.07. The Morgan fingerprint density at radius 2 is 1.65 bits per heavy atom. The van der Waals surface area contributed by atoms with Crippen LogP contribution in [0.15, 0.2) is 95.1 Å². The van der Waals surface area contributed by atoms with E-state index in [1.165, 1.54) is 0 Å². The van der Waals surface area contributed by atoms with Crippen LogP contribution in [0.2, 0.25) is 10.0 Å². The molecule has 0 aliphatic carbocycles. The highest BCUT2D eigenvalue weighted by molar-refractivity contribution is 6.35. The van der Waals surface area contributed by atoms with Gasteiger partial charge in [-0.15, -0.1) is 0 Å². The van der Waals surface area contributed by atoms with Crippen molar-refractivity contribution in [2.45, 2.75) is 6.04 Å². The van der Waals surface area contributed by atoms with Gasteiger partial charge in [-0.2, -0.15) is 0 Å². The van der Waals surface area contributed by atoms with E-state index in [0.717, 1.165) is 28.1 Å². The predicted molar refractivity (Wildman–Crippen MR) is 126 cm³/mol. The normalized spacial score (nSPS) is 18.4. The number of rotatable bonds is 3. The van der Waals surface area contributed by atoms with Crippen LogP contribution in [0.5, 0.6) is 0 Å². The minimum absolute atomic E-state index is 0.0947. The first-order chi connectivity index (χ1) is 15.1. The molecule has 0 fully saturated rings. The molecule has 0 saturated heterocycles. The average molecular weight is 448 g/mol. The van der Waals surface area contributed by atoms with Gasteiger partial charge in [0.1, 0.15) is 5.70 Å². The summed E-state index contributed by atoms with van der Waals surface area (Å²) in [5.41, 5.74) is 4.79. The van der Waals surface area contributed by atoms with Gasteiger partial charge in [-0.25, -0.2) is 0 Å². The highest BCUT2D eigenvalue weighted by Crippen LogP contribution is 2.44. The molecule has 5 rings (SSSR count). The third-order valence-electron chi connectivity index (χ3n) is 5.51. The second kappa shape index (κ2) is 8.22. The predicted octanol–water partition coefficient (Wildman–Crippen LogP) is 5.43. The van der Waals surface area contributed by atoms with E-state index in [0.29, 0.717) is 28.8 Å².